The zero-order valence-electron chi connectivity index (χ0n) is 14.6. The molecular formula is C15H37NO2Si2. The summed E-state index contributed by atoms with van der Waals surface area (Å²) in [5, 5.41) is 0.630. The molecule has 0 aliphatic heterocycles. The van der Waals surface area contributed by atoms with Gasteiger partial charge in [-0.3, -0.25) is 0 Å². The van der Waals surface area contributed by atoms with Crippen LogP contribution in [0.25, 0.3) is 0 Å². The fraction of sp³-hybridized carbons (Fsp3) is 1.00. The molecule has 0 radical (unpaired) electrons. The highest BCUT2D eigenvalue weighted by atomic mass is 28.4. The summed E-state index contributed by atoms with van der Waals surface area (Å²) in [7, 11) is -3.50. The van der Waals surface area contributed by atoms with Crippen molar-refractivity contribution in [2.24, 2.45) is 5.73 Å². The molecule has 122 valence electrons. The van der Waals surface area contributed by atoms with Crippen LogP contribution in [0.1, 0.15) is 48.0 Å². The monoisotopic (exact) mass is 319 g/mol. The van der Waals surface area contributed by atoms with E-state index in [4.69, 9.17) is 14.6 Å². The minimum Gasteiger partial charge on any atom is -0.417 e. The molecule has 0 aromatic rings. The van der Waals surface area contributed by atoms with Crippen LogP contribution < -0.4 is 5.73 Å². The first-order chi connectivity index (χ1) is 9.56. The van der Waals surface area contributed by atoms with Crippen molar-refractivity contribution < 1.29 is 8.85 Å². The predicted octanol–water partition coefficient (Wildman–Crippen LogP) is 4.29. The maximum atomic E-state index is 6.44. The Morgan fingerprint density at radius 1 is 0.750 bits per heavy atom. The first-order valence-corrected chi connectivity index (χ1v) is 13.3. The van der Waals surface area contributed by atoms with E-state index in [0.717, 1.165) is 26.2 Å². The summed E-state index contributed by atoms with van der Waals surface area (Å²) < 4.78 is 12.9. The van der Waals surface area contributed by atoms with Gasteiger partial charge in [-0.25, -0.2) is 0 Å². The molecule has 2 N–H and O–H groups in total. The Bertz CT molecular complexity index is 222. The molecule has 0 heterocycles. The van der Waals surface area contributed by atoms with Crippen LogP contribution in [0.2, 0.25) is 29.3 Å². The van der Waals surface area contributed by atoms with Crippen LogP contribution in [0.3, 0.4) is 0 Å². The molecule has 0 saturated carbocycles. The van der Waals surface area contributed by atoms with Crippen LogP contribution in [0.5, 0.6) is 0 Å². The summed E-state index contributed by atoms with van der Waals surface area (Å²) in [6.07, 6.45) is 1.09. The van der Waals surface area contributed by atoms with Crippen LogP contribution in [0.4, 0.5) is 0 Å². The lowest BCUT2D eigenvalue weighted by Crippen LogP contribution is -2.57. The van der Waals surface area contributed by atoms with Gasteiger partial charge in [-0.1, -0.05) is 27.7 Å². The summed E-state index contributed by atoms with van der Waals surface area (Å²) in [5.41, 5.74) is 5.97. The van der Waals surface area contributed by atoms with Gasteiger partial charge in [-0.15, -0.1) is 0 Å². The summed E-state index contributed by atoms with van der Waals surface area (Å²) in [6.45, 7) is 15.9. The van der Waals surface area contributed by atoms with Gasteiger partial charge in [-0.05, 0) is 56.2 Å². The Morgan fingerprint density at radius 3 is 1.30 bits per heavy atom. The van der Waals surface area contributed by atoms with Crippen molar-refractivity contribution in [3.63, 3.8) is 0 Å². The third-order valence-corrected chi connectivity index (χ3v) is 17.8. The van der Waals surface area contributed by atoms with Crippen molar-refractivity contribution >= 4 is 16.6 Å². The zero-order valence-corrected chi connectivity index (χ0v) is 16.6. The highest BCUT2D eigenvalue weighted by Crippen LogP contribution is 2.44. The van der Waals surface area contributed by atoms with E-state index in [9.17, 15) is 0 Å². The largest absolute Gasteiger partial charge is 0.417 e. The molecule has 0 spiro atoms. The maximum Gasteiger partial charge on any atom is 0.194 e. The Labute approximate surface area is 128 Å². The minimum absolute atomic E-state index is 0.630. The van der Waals surface area contributed by atoms with E-state index in [1.165, 1.54) is 24.2 Å². The van der Waals surface area contributed by atoms with E-state index in [-0.39, 0.29) is 0 Å². The second kappa shape index (κ2) is 10.1. The molecule has 0 aromatic heterocycles. The van der Waals surface area contributed by atoms with Gasteiger partial charge in [-0.2, -0.15) is 0 Å². The normalized spacial score (nSPS) is 13.2. The van der Waals surface area contributed by atoms with E-state index < -0.39 is 16.6 Å². The molecule has 5 heteroatoms. The van der Waals surface area contributed by atoms with E-state index in [1.807, 2.05) is 0 Å². The van der Waals surface area contributed by atoms with E-state index in [0.29, 0.717) is 5.16 Å². The van der Waals surface area contributed by atoms with Crippen LogP contribution in [0.15, 0.2) is 0 Å². The van der Waals surface area contributed by atoms with Gasteiger partial charge in [0.15, 0.2) is 16.6 Å². The van der Waals surface area contributed by atoms with Gasteiger partial charge < -0.3 is 14.6 Å². The third kappa shape index (κ3) is 4.40. The number of hydrogen-bond acceptors (Lipinski definition) is 3. The highest BCUT2D eigenvalue weighted by molar-refractivity contribution is 6.94. The fourth-order valence-corrected chi connectivity index (χ4v) is 17.4. The second-order valence-corrected chi connectivity index (χ2v) is 15.2. The van der Waals surface area contributed by atoms with Crippen molar-refractivity contribution in [1.29, 1.82) is 0 Å². The van der Waals surface area contributed by atoms with Gasteiger partial charge in [0.2, 0.25) is 0 Å². The Morgan fingerprint density at radius 2 is 1.10 bits per heavy atom. The summed E-state index contributed by atoms with van der Waals surface area (Å²) in [5.74, 6) is 0. The van der Waals surface area contributed by atoms with Crippen LogP contribution >= 0.6 is 0 Å². The maximum absolute atomic E-state index is 6.44. The van der Waals surface area contributed by atoms with E-state index in [1.54, 1.807) is 0 Å². The van der Waals surface area contributed by atoms with Gasteiger partial charge in [0, 0.05) is 13.2 Å². The number of nitrogens with two attached hydrogens (primary N) is 1. The molecule has 0 bridgehead atoms. The molecule has 0 amide bonds. The number of hydrogen-bond donors (Lipinski definition) is 1. The lowest BCUT2D eigenvalue weighted by Gasteiger charge is -2.46. The van der Waals surface area contributed by atoms with Gasteiger partial charge in [0.1, 0.15) is 0 Å². The SMILES string of the molecule is CCO[Si](CC)(CC)C(CCN)[Si](CC)(CC)OCC. The van der Waals surface area contributed by atoms with Crippen molar-refractivity contribution in [2.75, 3.05) is 19.8 Å². The quantitative estimate of drug-likeness (QED) is 0.546. The smallest absolute Gasteiger partial charge is 0.194 e. The average molecular weight is 320 g/mol. The molecule has 3 nitrogen and oxygen atoms in total. The molecule has 0 atom stereocenters. The van der Waals surface area contributed by atoms with E-state index >= 15 is 0 Å². The highest BCUT2D eigenvalue weighted by Gasteiger charge is 2.52. The lowest BCUT2D eigenvalue weighted by molar-refractivity contribution is 0.290. The number of rotatable bonds is 12. The molecule has 0 rings (SSSR count). The molecule has 0 aliphatic rings. The molecule has 0 fully saturated rings. The average Bonchev–Trinajstić information content (AvgIpc) is 2.49. The second-order valence-electron chi connectivity index (χ2n) is 5.54. The molecule has 0 aromatic carbocycles. The van der Waals surface area contributed by atoms with Gasteiger partial charge in [0.05, 0.1) is 0 Å². The Hall–Kier alpha value is 0.314. The Balaban J connectivity index is 5.64. The molecule has 0 saturated heterocycles. The predicted molar refractivity (Wildman–Crippen MR) is 94.1 cm³/mol. The van der Waals surface area contributed by atoms with Crippen molar-refractivity contribution in [1.82, 2.24) is 0 Å². The lowest BCUT2D eigenvalue weighted by atomic mass is 10.5. The minimum atomic E-state index is -1.75. The zero-order chi connectivity index (χ0) is 15.6. The van der Waals surface area contributed by atoms with Gasteiger partial charge in [0.25, 0.3) is 0 Å². The standard InChI is InChI=1S/C15H37NO2Si2/c1-7-17-19(9-3,10-4)15(13-14-16)20(11-5,12-6)18-8-2/h15H,7-14,16H2,1-6H3. The molecule has 0 unspecified atom stereocenters. The first kappa shape index (κ1) is 20.3. The topological polar surface area (TPSA) is 44.5 Å². The molecular weight excluding hydrogens is 282 g/mol. The summed E-state index contributed by atoms with van der Waals surface area (Å²) >= 11 is 0. The fourth-order valence-electron chi connectivity index (χ4n) is 3.84. The molecule has 0 aliphatic carbocycles. The summed E-state index contributed by atoms with van der Waals surface area (Å²) in [6, 6.07) is 4.74. The summed E-state index contributed by atoms with van der Waals surface area (Å²) in [4.78, 5) is 0. The Kier molecular flexibility index (Phi) is 10.3. The van der Waals surface area contributed by atoms with Crippen LogP contribution in [-0.2, 0) is 8.85 Å². The van der Waals surface area contributed by atoms with E-state index in [2.05, 4.69) is 41.5 Å². The van der Waals surface area contributed by atoms with Crippen molar-refractivity contribution in [2.45, 2.75) is 77.3 Å². The van der Waals surface area contributed by atoms with Crippen LogP contribution in [-0.4, -0.2) is 36.4 Å². The first-order valence-electron chi connectivity index (χ1n) is 8.54. The third-order valence-electron chi connectivity index (χ3n) is 4.98. The van der Waals surface area contributed by atoms with Crippen molar-refractivity contribution in [3.8, 4) is 0 Å². The van der Waals surface area contributed by atoms with Crippen LogP contribution in [0, 0.1) is 0 Å². The van der Waals surface area contributed by atoms with Gasteiger partial charge >= 0.3 is 0 Å². The van der Waals surface area contributed by atoms with Crippen molar-refractivity contribution in [3.05, 3.63) is 0 Å². The molecule has 20 heavy (non-hydrogen) atoms.